The molecule has 32 heavy (non-hydrogen) atoms. The fourth-order valence-corrected chi connectivity index (χ4v) is 0.0891. The largest absolute Gasteiger partial charge is 0.416 e. The van der Waals surface area contributed by atoms with Gasteiger partial charge >= 0.3 is 12.4 Å². The Morgan fingerprint density at radius 2 is 0.688 bits per heavy atom. The third-order valence-corrected chi connectivity index (χ3v) is 0.628. The molecule has 0 fully saturated rings. The van der Waals surface area contributed by atoms with Crippen molar-refractivity contribution in [1.29, 1.82) is 0 Å². The minimum absolute atomic E-state index is 0. The van der Waals surface area contributed by atoms with Gasteiger partial charge in [-0.3, -0.25) is 0 Å². The highest BCUT2D eigenvalue weighted by molar-refractivity contribution is 4.40. The van der Waals surface area contributed by atoms with Gasteiger partial charge in [0.15, 0.2) is 26.9 Å². The molecule has 0 atom stereocenters. The second-order valence-corrected chi connectivity index (χ2v) is 2.73. The second kappa shape index (κ2) is 57.1. The summed E-state index contributed by atoms with van der Waals surface area (Å²) in [6, 6.07) is 0. The van der Waals surface area contributed by atoms with Crippen LogP contribution in [0.1, 0.15) is 21.3 Å². The topological polar surface area (TPSA) is 68.4 Å². The Labute approximate surface area is 176 Å². The van der Waals surface area contributed by atoms with Gasteiger partial charge in [0.05, 0.1) is 0 Å². The van der Waals surface area contributed by atoms with E-state index in [1.165, 1.54) is 14.2 Å². The highest BCUT2D eigenvalue weighted by Gasteiger charge is 2.26. The number of methoxy groups -OCH3 is 2. The summed E-state index contributed by atoms with van der Waals surface area (Å²) in [4.78, 5) is 5.94. The molecule has 210 valence electrons. The van der Waals surface area contributed by atoms with Crippen LogP contribution in [0.3, 0.4) is 0 Å². The Morgan fingerprint density at radius 1 is 0.562 bits per heavy atom. The van der Waals surface area contributed by atoms with Gasteiger partial charge in [-0.2, -0.15) is 36.2 Å². The van der Waals surface area contributed by atoms with Crippen LogP contribution in [-0.4, -0.2) is 72.8 Å². The quantitative estimate of drug-likeness (QED) is 0.302. The Morgan fingerprint density at radius 3 is 0.688 bits per heavy atom. The van der Waals surface area contributed by atoms with Crippen molar-refractivity contribution in [2.75, 3.05) is 55.0 Å². The lowest BCUT2D eigenvalue weighted by atomic mass is 10.8. The molecule has 0 spiro atoms. The number of rotatable bonds is 4. The van der Waals surface area contributed by atoms with Crippen molar-refractivity contribution in [3.05, 3.63) is 0 Å². The molecule has 0 aliphatic carbocycles. The van der Waals surface area contributed by atoms with E-state index in [1.807, 2.05) is 13.8 Å². The molecule has 0 saturated carbocycles. The third kappa shape index (κ3) is 287. The first-order valence-electron chi connectivity index (χ1n) is 6.72. The van der Waals surface area contributed by atoms with Crippen LogP contribution in [0.15, 0.2) is 0 Å². The standard InChI is InChI=1S/2C2H2F4.2C2H5FO2.C2H6.2CH2F2.CH4.H2O/c2*3-1-2(4,5)6;2*1-4-2-5-3;1-2;2*2-1-3;;/h2*1H2;2*2H2,1H3;1-2H3;2*1H2;1H4;1H2. The zero-order chi connectivity index (χ0) is 26.1. The van der Waals surface area contributed by atoms with Gasteiger partial charge in [0.2, 0.25) is 13.9 Å². The van der Waals surface area contributed by atoms with Crippen LogP contribution < -0.4 is 0 Å². The first-order valence-corrected chi connectivity index (χ1v) is 6.72. The summed E-state index contributed by atoms with van der Waals surface area (Å²) in [7, 11) is 2.69. The fraction of sp³-hybridized carbons (Fsp3) is 1.00. The summed E-state index contributed by atoms with van der Waals surface area (Å²) >= 11 is 0. The predicted molar refractivity (Wildman–Crippen MR) is 88.1 cm³/mol. The molecule has 0 amide bonds. The average molecular weight is 532 g/mol. The molecule has 19 heteroatoms. The Balaban J connectivity index is -0.0000000280. The highest BCUT2D eigenvalue weighted by atomic mass is 19.4. The van der Waals surface area contributed by atoms with Crippen molar-refractivity contribution in [2.24, 2.45) is 0 Å². The number of hydrogen-bond donors (Lipinski definition) is 0. The van der Waals surface area contributed by atoms with Crippen LogP contribution in [-0.2, 0) is 19.4 Å². The zero-order valence-corrected chi connectivity index (χ0v) is 16.7. The lowest BCUT2D eigenvalue weighted by Gasteiger charge is -1.93. The predicted octanol–water partition coefficient (Wildman–Crippen LogP) is 6.62. The summed E-state index contributed by atoms with van der Waals surface area (Å²) in [5.74, 6) is 0. The molecule has 0 aliphatic heterocycles. The number of alkyl halides is 12. The van der Waals surface area contributed by atoms with E-state index in [0.29, 0.717) is 0 Å². The van der Waals surface area contributed by atoms with Crippen molar-refractivity contribution in [1.82, 2.24) is 0 Å². The molecule has 5 nitrogen and oxygen atoms in total. The average Bonchev–Trinajstić information content (AvgIpc) is 2.66. The van der Waals surface area contributed by atoms with Crippen molar-refractivity contribution in [3.63, 3.8) is 0 Å². The van der Waals surface area contributed by atoms with Gasteiger partial charge in [-0.15, -0.1) is 0 Å². The van der Waals surface area contributed by atoms with Crippen LogP contribution in [0.4, 0.5) is 61.7 Å². The molecule has 0 aliphatic rings. The first kappa shape index (κ1) is 57.6. The molecule has 0 rings (SSSR count). The van der Waals surface area contributed by atoms with E-state index in [0.717, 1.165) is 0 Å². The van der Waals surface area contributed by atoms with E-state index >= 15 is 0 Å². The summed E-state index contributed by atoms with van der Waals surface area (Å²) < 4.78 is 151. The van der Waals surface area contributed by atoms with E-state index in [4.69, 9.17) is 0 Å². The maximum Gasteiger partial charge on any atom is 0.416 e. The smallest absolute Gasteiger partial charge is 0.412 e. The van der Waals surface area contributed by atoms with Crippen LogP contribution in [0.25, 0.3) is 0 Å². The SMILES string of the molecule is C.CC.COCOF.COCOF.FCC(F)(F)F.FCC(F)(F)F.FCF.FCF.O. The van der Waals surface area contributed by atoms with Crippen LogP contribution >= 0.6 is 0 Å². The van der Waals surface area contributed by atoms with Gasteiger partial charge in [0.1, 0.15) is 0 Å². The molecule has 0 heterocycles. The summed E-state index contributed by atoms with van der Waals surface area (Å²) in [6.07, 6.45) is -9.25. The van der Waals surface area contributed by atoms with Gasteiger partial charge in [0, 0.05) is 14.2 Å². The molecule has 0 aromatic rings. The third-order valence-electron chi connectivity index (χ3n) is 0.628. The first-order chi connectivity index (χ1) is 13.8. The van der Waals surface area contributed by atoms with Crippen LogP contribution in [0.2, 0.25) is 0 Å². The molecule has 0 aromatic heterocycles. The maximum absolute atomic E-state index is 10.4. The minimum Gasteiger partial charge on any atom is -0.412 e. The van der Waals surface area contributed by atoms with Gasteiger partial charge in [-0.05, 0) is 9.05 Å². The van der Waals surface area contributed by atoms with Crippen LogP contribution in [0.5, 0.6) is 0 Å². The summed E-state index contributed by atoms with van der Waals surface area (Å²) in [5, 5.41) is 0. The van der Waals surface area contributed by atoms with Crippen molar-refractivity contribution in [2.45, 2.75) is 33.6 Å². The molecule has 2 N–H and O–H groups in total. The second-order valence-electron chi connectivity index (χ2n) is 2.73. The van der Waals surface area contributed by atoms with Crippen molar-refractivity contribution in [3.8, 4) is 0 Å². The van der Waals surface area contributed by atoms with Crippen molar-refractivity contribution < 1.29 is 86.6 Å². The zero-order valence-electron chi connectivity index (χ0n) is 16.7. The fourth-order valence-electron chi connectivity index (χ4n) is 0.0891. The summed E-state index contributed by atoms with van der Waals surface area (Å²) in [5.41, 5.74) is 0. The van der Waals surface area contributed by atoms with E-state index in [-0.39, 0.29) is 26.5 Å². The Kier molecular flexibility index (Phi) is 103. The summed E-state index contributed by atoms with van der Waals surface area (Å²) in [6.45, 7) is -4.51. The molecule has 0 saturated heterocycles. The van der Waals surface area contributed by atoms with Crippen molar-refractivity contribution >= 4 is 0 Å². The van der Waals surface area contributed by atoms with Gasteiger partial charge < -0.3 is 14.9 Å². The molecule has 0 aromatic carbocycles. The van der Waals surface area contributed by atoms with Gasteiger partial charge in [0.25, 0.3) is 0 Å². The molecule has 0 bridgehead atoms. The normalized spacial score (nSPS) is 8.44. The maximum atomic E-state index is 10.4. The monoisotopic (exact) mass is 532 g/mol. The Hall–Kier alpha value is -1.18. The highest BCUT2D eigenvalue weighted by Crippen LogP contribution is 2.13. The Bertz CT molecular complexity index is 198. The lowest BCUT2D eigenvalue weighted by molar-refractivity contribution is -0.203. The van der Waals surface area contributed by atoms with E-state index in [9.17, 15) is 61.7 Å². The van der Waals surface area contributed by atoms with E-state index in [1.54, 1.807) is 0 Å². The van der Waals surface area contributed by atoms with Crippen LogP contribution in [0, 0.1) is 0 Å². The lowest BCUT2D eigenvalue weighted by Crippen LogP contribution is -2.08. The van der Waals surface area contributed by atoms with Gasteiger partial charge in [-0.1, -0.05) is 21.3 Å². The molecule has 0 radical (unpaired) electrons. The minimum atomic E-state index is -4.62. The molecular weight excluding hydrogens is 502 g/mol. The number of hydrogen-bond acceptors (Lipinski definition) is 4. The molecular formula is C13H30F14O5. The van der Waals surface area contributed by atoms with E-state index < -0.39 is 39.6 Å². The molecule has 0 unspecified atom stereocenters. The van der Waals surface area contributed by atoms with Gasteiger partial charge in [-0.25, -0.2) is 26.3 Å². The number of ether oxygens (including phenoxy) is 2. The number of halogens is 14. The van der Waals surface area contributed by atoms with E-state index in [2.05, 4.69) is 19.4 Å².